The van der Waals surface area contributed by atoms with E-state index in [9.17, 15) is 17.2 Å². The lowest BCUT2D eigenvalue weighted by Crippen LogP contribution is -2.43. The van der Waals surface area contributed by atoms with Gasteiger partial charge >= 0.3 is 0 Å². The van der Waals surface area contributed by atoms with Crippen LogP contribution in [-0.2, 0) is 10.0 Å². The van der Waals surface area contributed by atoms with Crippen molar-refractivity contribution in [3.63, 3.8) is 0 Å². The fourth-order valence-electron chi connectivity index (χ4n) is 4.04. The van der Waals surface area contributed by atoms with Gasteiger partial charge in [-0.3, -0.25) is 4.72 Å². The maximum Gasteiger partial charge on any atom is 0.237 e. The molecule has 0 saturated carbocycles. The summed E-state index contributed by atoms with van der Waals surface area (Å²) in [6.07, 6.45) is 1.66. The van der Waals surface area contributed by atoms with E-state index in [1.807, 2.05) is 10.3 Å². The van der Waals surface area contributed by atoms with Crippen LogP contribution in [0, 0.1) is 11.6 Å². The molecular weight excluding hydrogens is 530 g/mol. The highest BCUT2D eigenvalue weighted by Gasteiger charge is 2.30. The summed E-state index contributed by atoms with van der Waals surface area (Å²) in [4.78, 5) is 11.0. The number of nitrogens with zero attached hydrogens (tertiary/aromatic N) is 3. The van der Waals surface area contributed by atoms with Gasteiger partial charge < -0.3 is 15.5 Å². The Bertz CT molecular complexity index is 1600. The van der Waals surface area contributed by atoms with Crippen LogP contribution in [0.25, 0.3) is 21.3 Å². The first-order valence-corrected chi connectivity index (χ1v) is 14.5. The van der Waals surface area contributed by atoms with E-state index in [2.05, 4.69) is 25.3 Å². The van der Waals surface area contributed by atoms with Crippen molar-refractivity contribution in [2.45, 2.75) is 25.5 Å². The molecule has 0 aliphatic carbocycles. The molecule has 38 heavy (non-hydrogen) atoms. The van der Waals surface area contributed by atoms with Gasteiger partial charge in [-0.05, 0) is 56.7 Å². The molecule has 2 aromatic carbocycles. The minimum atomic E-state index is -3.82. The normalized spacial score (nSPS) is 14.6. The Morgan fingerprint density at radius 3 is 2.53 bits per heavy atom. The van der Waals surface area contributed by atoms with Crippen LogP contribution in [0.5, 0.6) is 0 Å². The van der Waals surface area contributed by atoms with Crippen molar-refractivity contribution >= 4 is 54.6 Å². The molecule has 1 aliphatic heterocycles. The number of piperazine rings is 1. The van der Waals surface area contributed by atoms with E-state index in [4.69, 9.17) is 0 Å². The van der Waals surface area contributed by atoms with Crippen molar-refractivity contribution in [3.05, 3.63) is 59.6 Å². The van der Waals surface area contributed by atoms with Crippen molar-refractivity contribution in [3.8, 4) is 11.1 Å². The Morgan fingerprint density at radius 1 is 1.05 bits per heavy atom. The first-order valence-electron chi connectivity index (χ1n) is 12.1. The fraction of sp³-hybridized carbons (Fsp3) is 0.308. The van der Waals surface area contributed by atoms with Crippen LogP contribution in [0.3, 0.4) is 0 Å². The molecular formula is C26H28F2N6O2S2. The van der Waals surface area contributed by atoms with Crippen LogP contribution < -0.4 is 20.3 Å². The first kappa shape index (κ1) is 26.3. The number of benzene rings is 2. The zero-order valence-electron chi connectivity index (χ0n) is 21.2. The summed E-state index contributed by atoms with van der Waals surface area (Å²) in [7, 11) is -3.82. The molecule has 3 heterocycles. The fourth-order valence-corrected chi connectivity index (χ4v) is 5.66. The molecule has 12 heteroatoms. The van der Waals surface area contributed by atoms with Crippen molar-refractivity contribution < 1.29 is 17.2 Å². The largest absolute Gasteiger partial charge is 0.367 e. The van der Waals surface area contributed by atoms with Crippen molar-refractivity contribution in [2.24, 2.45) is 0 Å². The van der Waals surface area contributed by atoms with Crippen molar-refractivity contribution in [1.82, 2.24) is 15.3 Å². The number of nitrogens with one attached hydrogen (secondary N) is 3. The monoisotopic (exact) mass is 558 g/mol. The maximum atomic E-state index is 14.9. The van der Waals surface area contributed by atoms with Gasteiger partial charge in [0.05, 0.1) is 32.5 Å². The summed E-state index contributed by atoms with van der Waals surface area (Å²) in [5, 5.41) is 8.18. The van der Waals surface area contributed by atoms with Gasteiger partial charge in [0, 0.05) is 42.8 Å². The molecule has 0 atom stereocenters. The van der Waals surface area contributed by atoms with Gasteiger partial charge in [-0.15, -0.1) is 11.3 Å². The van der Waals surface area contributed by atoms with E-state index in [1.165, 1.54) is 29.5 Å². The third-order valence-electron chi connectivity index (χ3n) is 6.30. The zero-order valence-corrected chi connectivity index (χ0v) is 22.8. The third kappa shape index (κ3) is 5.29. The molecule has 3 N–H and O–H groups in total. The molecule has 1 fully saturated rings. The second-order valence-corrected chi connectivity index (χ2v) is 13.3. The second-order valence-electron chi connectivity index (χ2n) is 10.00. The molecule has 5 rings (SSSR count). The highest BCUT2D eigenvalue weighted by atomic mass is 32.2. The van der Waals surface area contributed by atoms with Crippen molar-refractivity contribution in [1.29, 1.82) is 0 Å². The number of halogens is 2. The van der Waals surface area contributed by atoms with E-state index < -0.39 is 20.6 Å². The number of sulfonamides is 1. The van der Waals surface area contributed by atoms with Gasteiger partial charge in [-0.25, -0.2) is 27.2 Å². The minimum Gasteiger partial charge on any atom is -0.367 e. The topological polar surface area (TPSA) is 99.2 Å². The Hall–Kier alpha value is -3.35. The van der Waals surface area contributed by atoms with Crippen LogP contribution in [0.4, 0.5) is 31.8 Å². The number of anilines is 4. The Kier molecular flexibility index (Phi) is 6.97. The predicted octanol–water partition coefficient (Wildman–Crippen LogP) is 5.33. The first-order chi connectivity index (χ1) is 18.0. The molecule has 0 bridgehead atoms. The summed E-state index contributed by atoms with van der Waals surface area (Å²) in [6, 6.07) is 9.21. The molecule has 8 nitrogen and oxygen atoms in total. The Balaban J connectivity index is 1.43. The van der Waals surface area contributed by atoms with E-state index in [0.717, 1.165) is 30.9 Å². The van der Waals surface area contributed by atoms with Gasteiger partial charge in [-0.2, -0.15) is 0 Å². The van der Waals surface area contributed by atoms with Crippen LogP contribution in [0.2, 0.25) is 0 Å². The second kappa shape index (κ2) is 10.1. The van der Waals surface area contributed by atoms with E-state index in [-0.39, 0.29) is 17.5 Å². The quantitative estimate of drug-likeness (QED) is 0.294. The van der Waals surface area contributed by atoms with E-state index >= 15 is 0 Å². The molecule has 1 saturated heterocycles. The van der Waals surface area contributed by atoms with Gasteiger partial charge in [0.1, 0.15) is 11.6 Å². The molecule has 0 unspecified atom stereocenters. The molecule has 4 aromatic rings. The lowest BCUT2D eigenvalue weighted by atomic mass is 10.1. The summed E-state index contributed by atoms with van der Waals surface area (Å²) in [5.41, 5.74) is 2.85. The molecule has 0 radical (unpaired) electrons. The highest BCUT2D eigenvalue weighted by Crippen LogP contribution is 2.36. The SMILES string of the molecule is CC(C)(C)S(=O)(=O)Nc1cc(-c2csc3cnc(Nc4ccc(N5CCNCC5)c(F)c4)nc23)ccc1F. The van der Waals surface area contributed by atoms with Gasteiger partial charge in [-0.1, -0.05) is 6.07 Å². The number of hydrogen-bond donors (Lipinski definition) is 3. The summed E-state index contributed by atoms with van der Waals surface area (Å²) in [5.74, 6) is -0.725. The van der Waals surface area contributed by atoms with Gasteiger partial charge in [0.15, 0.2) is 0 Å². The van der Waals surface area contributed by atoms with Crippen LogP contribution in [0.15, 0.2) is 48.0 Å². The Labute approximate surface area is 224 Å². The zero-order chi connectivity index (χ0) is 27.1. The number of thiophene rings is 1. The standard InChI is InChI=1S/C26H28F2N6O2S2/c1-26(2,3)38(35,36)33-21-12-16(4-6-19(21)27)18-15-37-23-14-30-25(32-24(18)23)31-17-5-7-22(20(28)13-17)34-10-8-29-9-11-34/h4-7,12-15,29,33H,8-11H2,1-3H3,(H,30,31,32). The van der Waals surface area contributed by atoms with Gasteiger partial charge in [0.2, 0.25) is 16.0 Å². The molecule has 2 aromatic heterocycles. The van der Waals surface area contributed by atoms with Crippen molar-refractivity contribution in [2.75, 3.05) is 41.1 Å². The summed E-state index contributed by atoms with van der Waals surface area (Å²) >= 11 is 1.42. The predicted molar refractivity (Wildman–Crippen MR) is 150 cm³/mol. The van der Waals surface area contributed by atoms with E-state index in [1.54, 1.807) is 45.2 Å². The average molecular weight is 559 g/mol. The smallest absolute Gasteiger partial charge is 0.237 e. The molecule has 200 valence electrons. The van der Waals surface area contributed by atoms with E-state index in [0.29, 0.717) is 28.0 Å². The van der Waals surface area contributed by atoms with Gasteiger partial charge in [0.25, 0.3) is 0 Å². The third-order valence-corrected chi connectivity index (χ3v) is 9.31. The summed E-state index contributed by atoms with van der Waals surface area (Å²) in [6.45, 7) is 7.74. The van der Waals surface area contributed by atoms with Crippen LogP contribution in [-0.4, -0.2) is 49.3 Å². The Morgan fingerprint density at radius 2 is 1.82 bits per heavy atom. The lowest BCUT2D eigenvalue weighted by molar-refractivity contribution is 0.564. The maximum absolute atomic E-state index is 14.9. The number of aromatic nitrogens is 2. The molecule has 0 spiro atoms. The number of hydrogen-bond acceptors (Lipinski definition) is 8. The number of rotatable bonds is 6. The average Bonchev–Trinajstić information content (AvgIpc) is 3.28. The lowest BCUT2D eigenvalue weighted by Gasteiger charge is -2.29. The molecule has 0 amide bonds. The van der Waals surface area contributed by atoms with Crippen LogP contribution in [0.1, 0.15) is 20.8 Å². The highest BCUT2D eigenvalue weighted by molar-refractivity contribution is 7.94. The molecule has 1 aliphatic rings. The minimum absolute atomic E-state index is 0.135. The summed E-state index contributed by atoms with van der Waals surface area (Å²) < 4.78 is 56.7. The number of fused-ring (bicyclic) bond motifs is 1. The van der Waals surface area contributed by atoms with Crippen LogP contribution >= 0.6 is 11.3 Å².